The lowest BCUT2D eigenvalue weighted by molar-refractivity contribution is -0.137. The lowest BCUT2D eigenvalue weighted by Crippen LogP contribution is -2.05. The van der Waals surface area contributed by atoms with Crippen LogP contribution in [0.1, 0.15) is 16.7 Å². The zero-order valence-electron chi connectivity index (χ0n) is 41.3. The van der Waals surface area contributed by atoms with E-state index >= 15 is 0 Å². The summed E-state index contributed by atoms with van der Waals surface area (Å²) in [6, 6.07) is 82.7. The Morgan fingerprint density at radius 2 is 0.782 bits per heavy atom. The first-order valence-electron chi connectivity index (χ1n) is 25.6. The molecule has 15 aromatic rings. The summed E-state index contributed by atoms with van der Waals surface area (Å²) >= 11 is 0. The molecule has 0 saturated carbocycles. The maximum Gasteiger partial charge on any atom is 0.416 e. The highest BCUT2D eigenvalue weighted by Crippen LogP contribution is 2.48. The van der Waals surface area contributed by atoms with Gasteiger partial charge < -0.3 is 18.3 Å². The first kappa shape index (κ1) is 44.8. The highest BCUT2D eigenvalue weighted by molar-refractivity contribution is 6.28. The Morgan fingerprint density at radius 1 is 0.333 bits per heavy atom. The SMILES string of the molecule is N#Cc1ccc(-n2c3ccccc3c3c2ccc2c4ccccc4n(-c4ccccc4)c23)c(-c2cc(-c3ccc(C(F)(F)F)cc3C#N)ccc2-n2c3ccccc3c3c2ccc2c4ccccc4n(-c4ccccc4)c23)c1. The van der Waals surface area contributed by atoms with Crippen molar-refractivity contribution in [3.63, 3.8) is 0 Å². The second-order valence-electron chi connectivity index (χ2n) is 19.7. The molecule has 15 rings (SSSR count). The van der Waals surface area contributed by atoms with E-state index in [-0.39, 0.29) is 5.56 Å². The van der Waals surface area contributed by atoms with Crippen LogP contribution < -0.4 is 0 Å². The Balaban J connectivity index is 1.08. The third-order valence-corrected chi connectivity index (χ3v) is 15.6. The van der Waals surface area contributed by atoms with E-state index in [0.717, 1.165) is 122 Å². The summed E-state index contributed by atoms with van der Waals surface area (Å²) in [5.74, 6) is 0. The summed E-state index contributed by atoms with van der Waals surface area (Å²) < 4.78 is 52.0. The summed E-state index contributed by atoms with van der Waals surface area (Å²) in [4.78, 5) is 0. The van der Waals surface area contributed by atoms with Gasteiger partial charge in [0.15, 0.2) is 0 Å². The molecular weight excluding hydrogens is 970 g/mol. The monoisotopic (exact) mass is 1010 g/mol. The second kappa shape index (κ2) is 17.0. The van der Waals surface area contributed by atoms with Gasteiger partial charge >= 0.3 is 6.18 Å². The fraction of sp³-hybridized carbons (Fsp3) is 0.0145. The molecule has 0 N–H and O–H groups in total. The van der Waals surface area contributed by atoms with Gasteiger partial charge in [-0.05, 0) is 114 Å². The van der Waals surface area contributed by atoms with Gasteiger partial charge in [0.1, 0.15) is 0 Å². The van der Waals surface area contributed by atoms with Gasteiger partial charge in [0.25, 0.3) is 0 Å². The van der Waals surface area contributed by atoms with Crippen molar-refractivity contribution in [3.05, 3.63) is 253 Å². The van der Waals surface area contributed by atoms with Gasteiger partial charge in [-0.25, -0.2) is 0 Å². The van der Waals surface area contributed by atoms with Gasteiger partial charge in [-0.1, -0.05) is 133 Å². The Bertz CT molecular complexity index is 5100. The molecule has 6 nitrogen and oxygen atoms in total. The fourth-order valence-electron chi connectivity index (χ4n) is 12.4. The van der Waals surface area contributed by atoms with E-state index in [1.165, 1.54) is 6.07 Å². The highest BCUT2D eigenvalue weighted by Gasteiger charge is 2.32. The van der Waals surface area contributed by atoms with E-state index in [9.17, 15) is 23.7 Å². The minimum Gasteiger partial charge on any atom is -0.309 e. The molecule has 0 aliphatic carbocycles. The van der Waals surface area contributed by atoms with E-state index in [0.29, 0.717) is 27.8 Å². The highest BCUT2D eigenvalue weighted by atomic mass is 19.4. The number of hydrogen-bond acceptors (Lipinski definition) is 2. The van der Waals surface area contributed by atoms with Gasteiger partial charge in [0, 0.05) is 65.6 Å². The average molecular weight is 1010 g/mol. The smallest absolute Gasteiger partial charge is 0.309 e. The average Bonchev–Trinajstić information content (AvgIpc) is 4.09. The molecule has 0 spiro atoms. The van der Waals surface area contributed by atoms with Gasteiger partial charge in [-0.15, -0.1) is 0 Å². The summed E-state index contributed by atoms with van der Waals surface area (Å²) in [7, 11) is 0. The Labute approximate surface area is 443 Å². The minimum atomic E-state index is -4.65. The molecule has 9 heteroatoms. The van der Waals surface area contributed by atoms with E-state index in [4.69, 9.17) is 0 Å². The molecular formula is C69H39F3N6. The Hall–Kier alpha value is -10.6. The third kappa shape index (κ3) is 6.49. The number of halogens is 3. The Kier molecular flexibility index (Phi) is 9.75. The first-order chi connectivity index (χ1) is 38.3. The molecule has 78 heavy (non-hydrogen) atoms. The van der Waals surface area contributed by atoms with Crippen LogP contribution in [-0.4, -0.2) is 18.3 Å². The van der Waals surface area contributed by atoms with Crippen molar-refractivity contribution in [2.75, 3.05) is 0 Å². The van der Waals surface area contributed by atoms with Crippen LogP contribution in [0.25, 0.3) is 132 Å². The van der Waals surface area contributed by atoms with Crippen molar-refractivity contribution >= 4 is 87.2 Å². The first-order valence-corrected chi connectivity index (χ1v) is 25.6. The molecule has 4 aromatic heterocycles. The van der Waals surface area contributed by atoms with E-state index in [2.05, 4.69) is 188 Å². The molecule has 0 atom stereocenters. The van der Waals surface area contributed by atoms with Crippen LogP contribution in [0.3, 0.4) is 0 Å². The van der Waals surface area contributed by atoms with E-state index < -0.39 is 11.7 Å². The van der Waals surface area contributed by atoms with Crippen molar-refractivity contribution in [3.8, 4) is 57.1 Å². The fourth-order valence-corrected chi connectivity index (χ4v) is 12.4. The van der Waals surface area contributed by atoms with Crippen molar-refractivity contribution in [1.82, 2.24) is 18.3 Å². The lowest BCUT2D eigenvalue weighted by Gasteiger charge is -2.20. The number of alkyl halides is 3. The van der Waals surface area contributed by atoms with Crippen LogP contribution in [0.5, 0.6) is 0 Å². The summed E-state index contributed by atoms with van der Waals surface area (Å²) in [6.45, 7) is 0. The van der Waals surface area contributed by atoms with Crippen molar-refractivity contribution < 1.29 is 13.2 Å². The maximum atomic E-state index is 14.2. The molecule has 0 fully saturated rings. The number of hydrogen-bond donors (Lipinski definition) is 0. The molecule has 0 amide bonds. The maximum absolute atomic E-state index is 14.2. The third-order valence-electron chi connectivity index (χ3n) is 15.6. The predicted molar refractivity (Wildman–Crippen MR) is 309 cm³/mol. The molecule has 4 heterocycles. The van der Waals surface area contributed by atoms with Gasteiger partial charge in [0.2, 0.25) is 0 Å². The zero-order chi connectivity index (χ0) is 52.4. The summed E-state index contributed by atoms with van der Waals surface area (Å²) in [5.41, 5.74) is 13.3. The number of rotatable bonds is 6. The molecule has 0 saturated heterocycles. The van der Waals surface area contributed by atoms with Crippen LogP contribution in [0.2, 0.25) is 0 Å². The minimum absolute atomic E-state index is 0.109. The van der Waals surface area contributed by atoms with Crippen LogP contribution in [0.4, 0.5) is 13.2 Å². The number of fused-ring (bicyclic) bond motifs is 14. The standard InChI is InChI=1S/C69H39F3N6/c70-69(71,72)45-29-30-48(44(38-45)41-74)43-28-34-62(78-60-26-14-10-22-54(60)66-64(78)36-32-52-50-20-8-12-24-58(50)76(68(52)66)47-17-5-2-6-18-47)56(39-43)55-37-42(40-73)27-33-61(55)77-59-25-13-9-21-53(59)65-63(77)35-31-51-49-19-7-11-23-57(49)75(67(51)65)46-15-3-1-4-16-46/h1-39H. The van der Waals surface area contributed by atoms with Gasteiger partial charge in [0.05, 0.1) is 84.3 Å². The molecule has 11 aromatic carbocycles. The number of aromatic nitrogens is 4. The predicted octanol–water partition coefficient (Wildman–Crippen LogP) is 18.2. The van der Waals surface area contributed by atoms with Crippen LogP contribution >= 0.6 is 0 Å². The lowest BCUT2D eigenvalue weighted by atomic mass is 9.92. The summed E-state index contributed by atoms with van der Waals surface area (Å²) in [5, 5.41) is 29.9. The molecule has 0 aliphatic heterocycles. The van der Waals surface area contributed by atoms with Crippen LogP contribution in [0, 0.1) is 22.7 Å². The number of nitriles is 2. The second-order valence-corrected chi connectivity index (χ2v) is 19.7. The Morgan fingerprint density at radius 3 is 1.27 bits per heavy atom. The van der Waals surface area contributed by atoms with Crippen molar-refractivity contribution in [1.29, 1.82) is 10.5 Å². The topological polar surface area (TPSA) is 67.3 Å². The van der Waals surface area contributed by atoms with Gasteiger partial charge in [-0.2, -0.15) is 23.7 Å². The van der Waals surface area contributed by atoms with Crippen molar-refractivity contribution in [2.24, 2.45) is 0 Å². The number of nitrogens with zero attached hydrogens (tertiary/aromatic N) is 6. The normalized spacial score (nSPS) is 12.0. The molecule has 0 unspecified atom stereocenters. The van der Waals surface area contributed by atoms with Gasteiger partial charge in [-0.3, -0.25) is 0 Å². The number of para-hydroxylation sites is 6. The van der Waals surface area contributed by atoms with Crippen LogP contribution in [-0.2, 0) is 6.18 Å². The molecule has 0 bridgehead atoms. The quantitative estimate of drug-likeness (QED) is 0.167. The largest absolute Gasteiger partial charge is 0.416 e. The van der Waals surface area contributed by atoms with Crippen molar-refractivity contribution in [2.45, 2.75) is 6.18 Å². The molecule has 0 aliphatic rings. The summed E-state index contributed by atoms with van der Waals surface area (Å²) in [6.07, 6.45) is -4.65. The van der Waals surface area contributed by atoms with E-state index in [1.807, 2.05) is 60.7 Å². The van der Waals surface area contributed by atoms with E-state index in [1.54, 1.807) is 0 Å². The molecule has 366 valence electrons. The number of benzene rings is 11. The molecule has 0 radical (unpaired) electrons. The zero-order valence-corrected chi connectivity index (χ0v) is 41.3. The van der Waals surface area contributed by atoms with Crippen LogP contribution in [0.15, 0.2) is 237 Å².